The number of aryl methyl sites for hydroxylation is 3. The zero-order valence-electron chi connectivity index (χ0n) is 17.4. The topological polar surface area (TPSA) is 59.8 Å². The summed E-state index contributed by atoms with van der Waals surface area (Å²) in [5.41, 5.74) is 3.43. The van der Waals surface area contributed by atoms with Crippen LogP contribution < -0.4 is 5.32 Å². The number of amides is 1. The summed E-state index contributed by atoms with van der Waals surface area (Å²) in [5.74, 6) is -0.318. The van der Waals surface area contributed by atoms with Crippen molar-refractivity contribution in [3.63, 3.8) is 0 Å². The highest BCUT2D eigenvalue weighted by molar-refractivity contribution is 7.11. The van der Waals surface area contributed by atoms with E-state index >= 15 is 0 Å². The van der Waals surface area contributed by atoms with Crippen LogP contribution in [0.15, 0.2) is 30.5 Å². The van der Waals surface area contributed by atoms with Crippen LogP contribution in [0.5, 0.6) is 0 Å². The number of benzene rings is 1. The van der Waals surface area contributed by atoms with E-state index in [9.17, 15) is 9.18 Å². The van der Waals surface area contributed by atoms with E-state index in [0.717, 1.165) is 30.6 Å². The molecule has 1 aliphatic carbocycles. The molecule has 0 bridgehead atoms. The molecule has 7 heteroatoms. The van der Waals surface area contributed by atoms with E-state index in [1.807, 2.05) is 25.2 Å². The number of hydrogen-bond donors (Lipinski definition) is 1. The standard InChI is InChI=1S/C23H27FN4OS/c1-15(2)22-18(14-26-28(22)17-11-9-16(24)10-12-17)23(29)25-13-5-8-21-27-19-6-3-4-7-20(19)30-21/h9-12,14-15H,3-8,13H2,1-2H3,(H,25,29). The lowest BCUT2D eigenvalue weighted by molar-refractivity contribution is 0.0952. The molecule has 0 radical (unpaired) electrons. The third-order valence-electron chi connectivity index (χ3n) is 5.41. The monoisotopic (exact) mass is 426 g/mol. The third kappa shape index (κ3) is 4.46. The van der Waals surface area contributed by atoms with Gasteiger partial charge >= 0.3 is 0 Å². The maximum absolute atomic E-state index is 13.3. The van der Waals surface area contributed by atoms with Crippen molar-refractivity contribution < 1.29 is 9.18 Å². The van der Waals surface area contributed by atoms with Crippen molar-refractivity contribution in [2.45, 2.75) is 58.3 Å². The Morgan fingerprint density at radius 1 is 1.23 bits per heavy atom. The summed E-state index contributed by atoms with van der Waals surface area (Å²) in [5, 5.41) is 8.60. The Morgan fingerprint density at radius 2 is 2.00 bits per heavy atom. The van der Waals surface area contributed by atoms with Crippen molar-refractivity contribution in [1.29, 1.82) is 0 Å². The first-order valence-electron chi connectivity index (χ1n) is 10.6. The van der Waals surface area contributed by atoms with E-state index in [1.165, 1.54) is 47.0 Å². The maximum Gasteiger partial charge on any atom is 0.254 e. The first-order chi connectivity index (χ1) is 14.5. The quantitative estimate of drug-likeness (QED) is 0.551. The maximum atomic E-state index is 13.3. The molecule has 0 aliphatic heterocycles. The zero-order valence-corrected chi connectivity index (χ0v) is 18.3. The summed E-state index contributed by atoms with van der Waals surface area (Å²) in [6.07, 6.45) is 8.15. The molecule has 0 saturated carbocycles. The summed E-state index contributed by atoms with van der Waals surface area (Å²) in [4.78, 5) is 19.0. The third-order valence-corrected chi connectivity index (χ3v) is 6.63. The molecule has 2 heterocycles. The number of thiazole rings is 1. The molecule has 5 nitrogen and oxygen atoms in total. The van der Waals surface area contributed by atoms with Gasteiger partial charge in [-0.05, 0) is 62.3 Å². The molecule has 0 saturated heterocycles. The van der Waals surface area contributed by atoms with E-state index < -0.39 is 0 Å². The first-order valence-corrected chi connectivity index (χ1v) is 11.4. The lowest BCUT2D eigenvalue weighted by Crippen LogP contribution is -2.26. The van der Waals surface area contributed by atoms with E-state index in [4.69, 9.17) is 4.98 Å². The number of carbonyl (C=O) groups excluding carboxylic acids is 1. The van der Waals surface area contributed by atoms with Gasteiger partial charge in [-0.1, -0.05) is 13.8 Å². The van der Waals surface area contributed by atoms with E-state index in [-0.39, 0.29) is 17.6 Å². The second-order valence-corrected chi connectivity index (χ2v) is 9.20. The van der Waals surface area contributed by atoms with Gasteiger partial charge in [0.25, 0.3) is 5.91 Å². The number of halogens is 1. The summed E-state index contributed by atoms with van der Waals surface area (Å²) in [7, 11) is 0. The molecular formula is C23H27FN4OS. The van der Waals surface area contributed by atoms with Crippen LogP contribution in [0.4, 0.5) is 4.39 Å². The molecular weight excluding hydrogens is 399 g/mol. The van der Waals surface area contributed by atoms with Crippen LogP contribution >= 0.6 is 11.3 Å². The van der Waals surface area contributed by atoms with E-state index in [2.05, 4.69) is 10.4 Å². The van der Waals surface area contributed by atoms with Gasteiger partial charge in [0.2, 0.25) is 0 Å². The highest BCUT2D eigenvalue weighted by Crippen LogP contribution is 2.27. The van der Waals surface area contributed by atoms with Gasteiger partial charge in [-0.3, -0.25) is 4.79 Å². The Bertz CT molecular complexity index is 999. The number of aromatic nitrogens is 3. The highest BCUT2D eigenvalue weighted by atomic mass is 32.1. The highest BCUT2D eigenvalue weighted by Gasteiger charge is 2.21. The molecule has 4 rings (SSSR count). The van der Waals surface area contributed by atoms with Gasteiger partial charge in [-0.2, -0.15) is 5.10 Å². The molecule has 0 unspecified atom stereocenters. The smallest absolute Gasteiger partial charge is 0.254 e. The SMILES string of the molecule is CC(C)c1c(C(=O)NCCCc2nc3c(s2)CCCC3)cnn1-c1ccc(F)cc1. The van der Waals surface area contributed by atoms with E-state index in [0.29, 0.717) is 12.1 Å². The molecule has 0 spiro atoms. The van der Waals surface area contributed by atoms with Crippen molar-refractivity contribution in [3.05, 3.63) is 63.1 Å². The van der Waals surface area contributed by atoms with Crippen molar-refractivity contribution in [2.75, 3.05) is 6.54 Å². The van der Waals surface area contributed by atoms with Crippen LogP contribution in [0, 0.1) is 5.82 Å². The molecule has 158 valence electrons. The average molecular weight is 427 g/mol. The molecule has 1 amide bonds. The predicted octanol–water partition coefficient (Wildman–Crippen LogP) is 4.83. The lowest BCUT2D eigenvalue weighted by Gasteiger charge is -2.13. The van der Waals surface area contributed by atoms with Crippen molar-refractivity contribution in [3.8, 4) is 5.69 Å². The summed E-state index contributed by atoms with van der Waals surface area (Å²) < 4.78 is 15.0. The number of rotatable bonds is 7. The van der Waals surface area contributed by atoms with Gasteiger partial charge in [-0.25, -0.2) is 14.1 Å². The van der Waals surface area contributed by atoms with Crippen LogP contribution in [0.3, 0.4) is 0 Å². The second-order valence-electron chi connectivity index (χ2n) is 8.03. The molecule has 1 aromatic carbocycles. The van der Waals surface area contributed by atoms with Crippen LogP contribution in [0.2, 0.25) is 0 Å². The van der Waals surface area contributed by atoms with Crippen molar-refractivity contribution >= 4 is 17.2 Å². The number of carbonyl (C=O) groups is 1. The predicted molar refractivity (Wildman–Crippen MR) is 117 cm³/mol. The molecule has 30 heavy (non-hydrogen) atoms. The minimum atomic E-state index is -0.295. The Balaban J connectivity index is 1.38. The number of fused-ring (bicyclic) bond motifs is 1. The Kier molecular flexibility index (Phi) is 6.27. The summed E-state index contributed by atoms with van der Waals surface area (Å²) in [6.45, 7) is 4.65. The molecule has 2 aromatic heterocycles. The summed E-state index contributed by atoms with van der Waals surface area (Å²) >= 11 is 1.83. The van der Waals surface area contributed by atoms with Crippen molar-refractivity contribution in [1.82, 2.24) is 20.1 Å². The fourth-order valence-electron chi connectivity index (χ4n) is 3.93. The fourth-order valence-corrected chi connectivity index (χ4v) is 5.12. The van der Waals surface area contributed by atoms with Crippen LogP contribution in [0.1, 0.15) is 70.7 Å². The Hall–Kier alpha value is -2.54. The van der Waals surface area contributed by atoms with Gasteiger partial charge < -0.3 is 5.32 Å². The molecule has 0 fully saturated rings. The van der Waals surface area contributed by atoms with Crippen molar-refractivity contribution in [2.24, 2.45) is 0 Å². The minimum Gasteiger partial charge on any atom is -0.352 e. The zero-order chi connectivity index (χ0) is 21.1. The molecule has 3 aromatic rings. The van der Waals surface area contributed by atoms with Gasteiger partial charge in [0.1, 0.15) is 5.82 Å². The largest absolute Gasteiger partial charge is 0.352 e. The minimum absolute atomic E-state index is 0.0972. The fraction of sp³-hybridized carbons (Fsp3) is 0.435. The first kappa shape index (κ1) is 20.7. The van der Waals surface area contributed by atoms with Gasteiger partial charge in [0.15, 0.2) is 0 Å². The molecule has 0 atom stereocenters. The Morgan fingerprint density at radius 3 is 2.73 bits per heavy atom. The van der Waals surface area contributed by atoms with Gasteiger partial charge in [-0.15, -0.1) is 11.3 Å². The molecule has 1 N–H and O–H groups in total. The second kappa shape index (κ2) is 9.08. The van der Waals surface area contributed by atoms with E-state index in [1.54, 1.807) is 23.0 Å². The Labute approximate surface area is 180 Å². The number of nitrogens with one attached hydrogen (secondary N) is 1. The lowest BCUT2D eigenvalue weighted by atomic mass is 10.0. The van der Waals surface area contributed by atoms with Crippen LogP contribution in [-0.4, -0.2) is 27.2 Å². The summed E-state index contributed by atoms with van der Waals surface area (Å²) in [6, 6.07) is 6.14. The average Bonchev–Trinajstić information content (AvgIpc) is 3.36. The number of nitrogens with zero attached hydrogens (tertiary/aromatic N) is 3. The van der Waals surface area contributed by atoms with Crippen LogP contribution in [0.25, 0.3) is 5.69 Å². The number of hydrogen-bond acceptors (Lipinski definition) is 4. The normalized spacial score (nSPS) is 13.5. The molecule has 1 aliphatic rings. The van der Waals surface area contributed by atoms with Gasteiger partial charge in [0.05, 0.1) is 33.8 Å². The van der Waals surface area contributed by atoms with Crippen LogP contribution in [-0.2, 0) is 19.3 Å². The van der Waals surface area contributed by atoms with Gasteiger partial charge in [0, 0.05) is 17.8 Å².